The van der Waals surface area contributed by atoms with Gasteiger partial charge in [-0.3, -0.25) is 24.5 Å². The minimum absolute atomic E-state index is 0.0690. The van der Waals surface area contributed by atoms with E-state index in [-0.39, 0.29) is 30.4 Å². The smallest absolute Gasteiger partial charge is 0.311 e. The molecule has 1 N–H and O–H groups in total. The average Bonchev–Trinajstić information content (AvgIpc) is 3.25. The highest BCUT2D eigenvalue weighted by Gasteiger charge is 2.36. The van der Waals surface area contributed by atoms with Crippen LogP contribution in [0.15, 0.2) is 34.9 Å². The third-order valence-electron chi connectivity index (χ3n) is 4.07. The quantitative estimate of drug-likeness (QED) is 0.444. The second-order valence-electron chi connectivity index (χ2n) is 6.16. The summed E-state index contributed by atoms with van der Waals surface area (Å²) in [6.45, 7) is 1.21. The van der Waals surface area contributed by atoms with E-state index in [1.165, 1.54) is 35.2 Å². The number of benzene rings is 1. The number of nitrogens with zero attached hydrogens (tertiary/aromatic N) is 3. The van der Waals surface area contributed by atoms with Gasteiger partial charge in [0.05, 0.1) is 10.8 Å². The number of ether oxygens (including phenoxy) is 1. The summed E-state index contributed by atoms with van der Waals surface area (Å²) in [6, 6.07) is 6.96. The second kappa shape index (κ2) is 7.86. The number of nitro groups is 1. The van der Waals surface area contributed by atoms with Crippen molar-refractivity contribution >= 4 is 35.0 Å². The highest BCUT2D eigenvalue weighted by Crippen LogP contribution is 2.27. The zero-order chi connectivity index (χ0) is 20.3. The molecule has 1 aliphatic heterocycles. The van der Waals surface area contributed by atoms with Crippen molar-refractivity contribution in [3.8, 4) is 0 Å². The van der Waals surface area contributed by atoms with Crippen molar-refractivity contribution in [2.45, 2.75) is 13.3 Å². The third kappa shape index (κ3) is 4.31. The second-order valence-corrected chi connectivity index (χ2v) is 6.16. The first-order valence-electron chi connectivity index (χ1n) is 8.28. The molecule has 3 rings (SSSR count). The van der Waals surface area contributed by atoms with E-state index >= 15 is 0 Å². The highest BCUT2D eigenvalue weighted by molar-refractivity contribution is 6.00. The molecule has 0 radical (unpaired) electrons. The van der Waals surface area contributed by atoms with Crippen molar-refractivity contribution in [3.05, 3.63) is 46.2 Å². The molecule has 1 saturated heterocycles. The Morgan fingerprint density at radius 1 is 1.39 bits per heavy atom. The first-order chi connectivity index (χ1) is 13.3. The van der Waals surface area contributed by atoms with Gasteiger partial charge in [0, 0.05) is 36.9 Å². The van der Waals surface area contributed by atoms with E-state index in [1.54, 1.807) is 6.92 Å². The summed E-state index contributed by atoms with van der Waals surface area (Å²) in [6.07, 6.45) is -0.0695. The molecule has 1 atom stereocenters. The lowest BCUT2D eigenvalue weighted by Gasteiger charge is -2.16. The van der Waals surface area contributed by atoms with Crippen molar-refractivity contribution in [2.24, 2.45) is 5.92 Å². The largest absolute Gasteiger partial charge is 0.455 e. The molecule has 0 spiro atoms. The molecule has 0 unspecified atom stereocenters. The number of hydrogen-bond donors (Lipinski definition) is 1. The van der Waals surface area contributed by atoms with Gasteiger partial charge in [0.15, 0.2) is 12.4 Å². The number of carbonyl (C=O) groups excluding carboxylic acids is 3. The molecule has 1 aromatic heterocycles. The minimum atomic E-state index is -0.732. The molecule has 0 aliphatic carbocycles. The Kier molecular flexibility index (Phi) is 5.34. The number of carbonyl (C=O) groups is 3. The van der Waals surface area contributed by atoms with Crippen molar-refractivity contribution < 1.29 is 28.6 Å². The molecule has 1 aromatic carbocycles. The maximum Gasteiger partial charge on any atom is 0.311 e. The van der Waals surface area contributed by atoms with E-state index in [4.69, 9.17) is 9.26 Å². The van der Waals surface area contributed by atoms with Crippen LogP contribution in [0.2, 0.25) is 0 Å². The summed E-state index contributed by atoms with van der Waals surface area (Å²) in [5, 5.41) is 16.7. The van der Waals surface area contributed by atoms with Crippen molar-refractivity contribution in [1.82, 2.24) is 5.16 Å². The first-order valence-corrected chi connectivity index (χ1v) is 8.28. The number of aromatic nitrogens is 1. The number of amides is 2. The van der Waals surface area contributed by atoms with Crippen LogP contribution in [-0.2, 0) is 19.1 Å². The Morgan fingerprint density at radius 3 is 2.71 bits per heavy atom. The van der Waals surface area contributed by atoms with Gasteiger partial charge in [-0.1, -0.05) is 5.16 Å². The van der Waals surface area contributed by atoms with E-state index in [9.17, 15) is 24.5 Å². The number of non-ortho nitro benzene ring substituents is 1. The van der Waals surface area contributed by atoms with Gasteiger partial charge in [0.2, 0.25) is 5.91 Å². The summed E-state index contributed by atoms with van der Waals surface area (Å²) >= 11 is 0. The van der Waals surface area contributed by atoms with Crippen LogP contribution in [-0.4, -0.2) is 41.0 Å². The lowest BCUT2D eigenvalue weighted by atomic mass is 10.1. The monoisotopic (exact) mass is 388 g/mol. The molecule has 11 nitrogen and oxygen atoms in total. The fraction of sp³-hybridized carbons (Fsp3) is 0.294. The number of hydrogen-bond acceptors (Lipinski definition) is 8. The Bertz CT molecular complexity index is 922. The topological polar surface area (TPSA) is 145 Å². The molecule has 146 valence electrons. The summed E-state index contributed by atoms with van der Waals surface area (Å²) in [7, 11) is 0. The molecule has 0 bridgehead atoms. The van der Waals surface area contributed by atoms with Crippen molar-refractivity contribution in [1.29, 1.82) is 0 Å². The fourth-order valence-electron chi connectivity index (χ4n) is 2.73. The van der Waals surface area contributed by atoms with Gasteiger partial charge in [-0.15, -0.1) is 0 Å². The van der Waals surface area contributed by atoms with Crippen LogP contribution >= 0.6 is 0 Å². The molecule has 1 fully saturated rings. The molecule has 0 saturated carbocycles. The predicted octanol–water partition coefficient (Wildman–Crippen LogP) is 1.43. The van der Waals surface area contributed by atoms with Crippen LogP contribution in [0.3, 0.4) is 0 Å². The minimum Gasteiger partial charge on any atom is -0.455 e. The Labute approximate surface area is 158 Å². The SMILES string of the molecule is Cc1cc(NC(=O)COC(=O)[C@H]2CC(=O)N(c3ccc([N+](=O)[O-])cc3)C2)no1. The number of nitro benzene ring substituents is 1. The zero-order valence-corrected chi connectivity index (χ0v) is 14.8. The number of rotatable bonds is 6. The van der Waals surface area contributed by atoms with Gasteiger partial charge < -0.3 is 19.5 Å². The predicted molar refractivity (Wildman–Crippen MR) is 94.4 cm³/mol. The van der Waals surface area contributed by atoms with Gasteiger partial charge in [-0.2, -0.15) is 0 Å². The molecule has 2 aromatic rings. The molecule has 1 aliphatic rings. The lowest BCUT2D eigenvalue weighted by Crippen LogP contribution is -2.28. The number of esters is 1. The molecule has 2 amide bonds. The van der Waals surface area contributed by atoms with Gasteiger partial charge in [0.25, 0.3) is 11.6 Å². The van der Waals surface area contributed by atoms with Crippen LogP contribution in [0.25, 0.3) is 0 Å². The fourth-order valence-corrected chi connectivity index (χ4v) is 2.73. The van der Waals surface area contributed by atoms with Crippen LogP contribution in [0.5, 0.6) is 0 Å². The van der Waals surface area contributed by atoms with E-state index in [0.717, 1.165) is 0 Å². The Morgan fingerprint density at radius 2 is 2.11 bits per heavy atom. The number of anilines is 2. The first kappa shape index (κ1) is 19.0. The number of aryl methyl sites for hydroxylation is 1. The molecular weight excluding hydrogens is 372 g/mol. The molecule has 28 heavy (non-hydrogen) atoms. The maximum atomic E-state index is 12.2. The van der Waals surface area contributed by atoms with Crippen molar-refractivity contribution in [3.63, 3.8) is 0 Å². The van der Waals surface area contributed by atoms with Crippen molar-refractivity contribution in [2.75, 3.05) is 23.4 Å². The Hall–Kier alpha value is -3.76. The summed E-state index contributed by atoms with van der Waals surface area (Å²) in [5.74, 6) is -1.58. The van der Waals surface area contributed by atoms with Crippen LogP contribution in [0.1, 0.15) is 12.2 Å². The summed E-state index contributed by atoms with van der Waals surface area (Å²) in [5.41, 5.74) is 0.352. The lowest BCUT2D eigenvalue weighted by molar-refractivity contribution is -0.384. The highest BCUT2D eigenvalue weighted by atomic mass is 16.6. The van der Waals surface area contributed by atoms with E-state index in [2.05, 4.69) is 10.5 Å². The van der Waals surface area contributed by atoms with Crippen LogP contribution in [0.4, 0.5) is 17.2 Å². The normalized spacial score (nSPS) is 16.1. The molecule has 11 heteroatoms. The van der Waals surface area contributed by atoms with E-state index in [0.29, 0.717) is 11.4 Å². The maximum absolute atomic E-state index is 12.2. The van der Waals surface area contributed by atoms with E-state index in [1.807, 2.05) is 0 Å². The standard InChI is InChI=1S/C17H16N4O7/c1-10-6-14(19-28-10)18-15(22)9-27-17(24)11-7-16(23)20(8-11)12-2-4-13(5-3-12)21(25)26/h2-6,11H,7-9H2,1H3,(H,18,19,22)/t11-/m0/s1. The zero-order valence-electron chi connectivity index (χ0n) is 14.8. The summed E-state index contributed by atoms with van der Waals surface area (Å²) in [4.78, 5) is 47.6. The van der Waals surface area contributed by atoms with Gasteiger partial charge in [0.1, 0.15) is 5.76 Å². The van der Waals surface area contributed by atoms with Gasteiger partial charge in [-0.05, 0) is 19.1 Å². The van der Waals surface area contributed by atoms with E-state index < -0.39 is 29.3 Å². The Balaban J connectivity index is 1.53. The summed E-state index contributed by atoms with van der Waals surface area (Å²) < 4.78 is 9.78. The molecule has 2 heterocycles. The molecular formula is C17H16N4O7. The van der Waals surface area contributed by atoms with Crippen LogP contribution < -0.4 is 10.2 Å². The van der Waals surface area contributed by atoms with Gasteiger partial charge in [-0.25, -0.2) is 0 Å². The average molecular weight is 388 g/mol. The number of nitrogens with one attached hydrogen (secondary N) is 1. The van der Waals surface area contributed by atoms with Gasteiger partial charge >= 0.3 is 5.97 Å². The van der Waals surface area contributed by atoms with Crippen LogP contribution in [0, 0.1) is 23.0 Å². The third-order valence-corrected chi connectivity index (χ3v) is 4.07.